The standard InChI is InChI=1S/C25H24N2O7/c1-5-33-16-8-6-15(7-9-16)23(28)21-22(18-13-17(31-3)10-11-19(18)32-4)27(25(30)24(21)29)20-12-14(2)34-26-20/h6-13,22,28H,5H2,1-4H3/t22-/m0/s1. The van der Waals surface area contributed by atoms with Gasteiger partial charge in [-0.25, -0.2) is 0 Å². The van der Waals surface area contributed by atoms with Crippen LogP contribution >= 0.6 is 0 Å². The molecule has 9 nitrogen and oxygen atoms in total. The van der Waals surface area contributed by atoms with Crippen LogP contribution < -0.4 is 19.1 Å². The van der Waals surface area contributed by atoms with E-state index in [1.807, 2.05) is 6.92 Å². The largest absolute Gasteiger partial charge is 0.507 e. The van der Waals surface area contributed by atoms with Gasteiger partial charge in [0.1, 0.15) is 34.8 Å². The maximum atomic E-state index is 13.3. The Labute approximate surface area is 196 Å². The summed E-state index contributed by atoms with van der Waals surface area (Å²) in [5.74, 6) is 0.0504. The molecule has 2 heterocycles. The van der Waals surface area contributed by atoms with Crippen LogP contribution in [0.25, 0.3) is 5.76 Å². The SMILES string of the molecule is CCOc1ccc(C(O)=C2C(=O)C(=O)N(c3cc(C)on3)[C@H]2c2cc(OC)ccc2OC)cc1. The highest BCUT2D eigenvalue weighted by Gasteiger charge is 2.49. The van der Waals surface area contributed by atoms with E-state index in [0.717, 1.165) is 0 Å². The Balaban J connectivity index is 1.95. The van der Waals surface area contributed by atoms with Crippen LogP contribution in [-0.4, -0.2) is 42.8 Å². The molecule has 1 amide bonds. The van der Waals surface area contributed by atoms with Gasteiger partial charge >= 0.3 is 5.91 Å². The van der Waals surface area contributed by atoms with Gasteiger partial charge in [-0.1, -0.05) is 5.16 Å². The molecule has 0 aliphatic carbocycles. The maximum absolute atomic E-state index is 13.3. The summed E-state index contributed by atoms with van der Waals surface area (Å²) in [7, 11) is 2.98. The van der Waals surface area contributed by atoms with Gasteiger partial charge in [0.25, 0.3) is 5.78 Å². The topological polar surface area (TPSA) is 111 Å². The molecule has 2 aromatic carbocycles. The molecule has 1 aromatic heterocycles. The zero-order valence-electron chi connectivity index (χ0n) is 19.2. The molecule has 1 aliphatic heterocycles. The molecule has 1 N–H and O–H groups in total. The van der Waals surface area contributed by atoms with E-state index in [0.29, 0.717) is 40.7 Å². The average Bonchev–Trinajstić information content (AvgIpc) is 3.39. The number of Topliss-reactive ketones (excluding diaryl/α,β-unsaturated/α-hetero) is 1. The summed E-state index contributed by atoms with van der Waals surface area (Å²) < 4.78 is 21.5. The molecule has 176 valence electrons. The second-order valence-electron chi connectivity index (χ2n) is 7.53. The van der Waals surface area contributed by atoms with Crippen molar-refractivity contribution in [3.8, 4) is 17.2 Å². The summed E-state index contributed by atoms with van der Waals surface area (Å²) in [4.78, 5) is 27.6. The van der Waals surface area contributed by atoms with Crippen molar-refractivity contribution in [2.45, 2.75) is 19.9 Å². The molecule has 1 saturated heterocycles. The molecule has 0 saturated carbocycles. The summed E-state index contributed by atoms with van der Waals surface area (Å²) in [5, 5.41) is 15.2. The number of aliphatic hydroxyl groups excluding tert-OH is 1. The van der Waals surface area contributed by atoms with Gasteiger partial charge in [-0.3, -0.25) is 14.5 Å². The number of carbonyl (C=O) groups excluding carboxylic acids is 2. The van der Waals surface area contributed by atoms with Crippen molar-refractivity contribution in [3.63, 3.8) is 0 Å². The summed E-state index contributed by atoms with van der Waals surface area (Å²) >= 11 is 0. The molecule has 0 spiro atoms. The van der Waals surface area contributed by atoms with Crippen LogP contribution in [0.1, 0.15) is 29.9 Å². The van der Waals surface area contributed by atoms with E-state index in [9.17, 15) is 14.7 Å². The Bertz CT molecular complexity index is 1260. The van der Waals surface area contributed by atoms with Gasteiger partial charge in [0, 0.05) is 17.2 Å². The Morgan fingerprint density at radius 2 is 1.76 bits per heavy atom. The zero-order chi connectivity index (χ0) is 24.4. The van der Waals surface area contributed by atoms with Crippen molar-refractivity contribution >= 4 is 23.3 Å². The predicted octanol–water partition coefficient (Wildman–Crippen LogP) is 4.03. The number of rotatable bonds is 7. The number of hydrogen-bond acceptors (Lipinski definition) is 8. The van der Waals surface area contributed by atoms with Crippen LogP contribution in [0.5, 0.6) is 17.2 Å². The molecular weight excluding hydrogens is 440 g/mol. The van der Waals surface area contributed by atoms with Crippen molar-refractivity contribution in [3.05, 3.63) is 71.0 Å². The van der Waals surface area contributed by atoms with Gasteiger partial charge in [0.05, 0.1) is 26.4 Å². The van der Waals surface area contributed by atoms with Crippen molar-refractivity contribution < 1.29 is 33.4 Å². The highest BCUT2D eigenvalue weighted by Crippen LogP contribution is 2.45. The third kappa shape index (κ3) is 3.96. The second-order valence-corrected chi connectivity index (χ2v) is 7.53. The Kier molecular flexibility index (Phi) is 6.27. The number of aliphatic hydroxyl groups is 1. The first-order chi connectivity index (χ1) is 16.4. The van der Waals surface area contributed by atoms with Gasteiger partial charge < -0.3 is 23.8 Å². The minimum absolute atomic E-state index is 0.110. The number of aromatic nitrogens is 1. The van der Waals surface area contributed by atoms with E-state index < -0.39 is 17.7 Å². The van der Waals surface area contributed by atoms with Crippen LogP contribution in [0, 0.1) is 6.92 Å². The number of benzene rings is 2. The van der Waals surface area contributed by atoms with Crippen LogP contribution in [0.15, 0.2) is 58.6 Å². The predicted molar refractivity (Wildman–Crippen MR) is 123 cm³/mol. The summed E-state index contributed by atoms with van der Waals surface area (Å²) in [6, 6.07) is 12.1. The molecule has 34 heavy (non-hydrogen) atoms. The monoisotopic (exact) mass is 464 g/mol. The molecule has 0 unspecified atom stereocenters. The smallest absolute Gasteiger partial charge is 0.301 e. The fraction of sp³-hybridized carbons (Fsp3) is 0.240. The second kappa shape index (κ2) is 9.30. The first-order valence-electron chi connectivity index (χ1n) is 10.6. The number of amides is 1. The van der Waals surface area contributed by atoms with E-state index in [-0.39, 0.29) is 17.2 Å². The fourth-order valence-electron chi connectivity index (χ4n) is 3.91. The van der Waals surface area contributed by atoms with Crippen LogP contribution in [0.4, 0.5) is 5.82 Å². The lowest BCUT2D eigenvalue weighted by atomic mass is 9.94. The number of ketones is 1. The quantitative estimate of drug-likeness (QED) is 0.317. The summed E-state index contributed by atoms with van der Waals surface area (Å²) in [6.07, 6.45) is 0. The average molecular weight is 464 g/mol. The van der Waals surface area contributed by atoms with Crippen molar-refractivity contribution in [1.29, 1.82) is 0 Å². The summed E-state index contributed by atoms with van der Waals surface area (Å²) in [6.45, 7) is 4.03. The van der Waals surface area contributed by atoms with Crippen LogP contribution in [0.3, 0.4) is 0 Å². The van der Waals surface area contributed by atoms with Gasteiger partial charge in [-0.15, -0.1) is 0 Å². The third-order valence-electron chi connectivity index (χ3n) is 5.48. The van der Waals surface area contributed by atoms with Crippen LogP contribution in [0.2, 0.25) is 0 Å². The normalized spacial score (nSPS) is 17.2. The number of methoxy groups -OCH3 is 2. The Hall–Kier alpha value is -4.27. The molecule has 0 bridgehead atoms. The van der Waals surface area contributed by atoms with Gasteiger partial charge in [-0.05, 0) is 56.3 Å². The zero-order valence-corrected chi connectivity index (χ0v) is 19.2. The lowest BCUT2D eigenvalue weighted by Gasteiger charge is -2.24. The molecule has 1 aliphatic rings. The van der Waals surface area contributed by atoms with Crippen molar-refractivity contribution in [2.75, 3.05) is 25.7 Å². The van der Waals surface area contributed by atoms with E-state index in [2.05, 4.69) is 5.16 Å². The van der Waals surface area contributed by atoms with E-state index in [4.69, 9.17) is 18.7 Å². The fourth-order valence-corrected chi connectivity index (χ4v) is 3.91. The van der Waals surface area contributed by atoms with E-state index in [1.54, 1.807) is 55.5 Å². The number of ether oxygens (including phenoxy) is 3. The van der Waals surface area contributed by atoms with Crippen LogP contribution in [-0.2, 0) is 9.59 Å². The van der Waals surface area contributed by atoms with Crippen molar-refractivity contribution in [1.82, 2.24) is 5.16 Å². The molecule has 1 atom stereocenters. The first-order valence-corrected chi connectivity index (χ1v) is 10.6. The molecule has 1 fully saturated rings. The summed E-state index contributed by atoms with van der Waals surface area (Å²) in [5.41, 5.74) is 0.681. The number of carbonyl (C=O) groups is 2. The molecule has 9 heteroatoms. The highest BCUT2D eigenvalue weighted by molar-refractivity contribution is 6.51. The molecule has 3 aromatic rings. The third-order valence-corrected chi connectivity index (χ3v) is 5.48. The minimum atomic E-state index is -1.04. The number of nitrogens with zero attached hydrogens (tertiary/aromatic N) is 2. The first kappa shape index (κ1) is 22.9. The Morgan fingerprint density at radius 1 is 1.06 bits per heavy atom. The molecule has 0 radical (unpaired) electrons. The lowest BCUT2D eigenvalue weighted by molar-refractivity contribution is -0.132. The van der Waals surface area contributed by atoms with E-state index in [1.165, 1.54) is 19.1 Å². The number of aryl methyl sites for hydroxylation is 1. The van der Waals surface area contributed by atoms with Gasteiger partial charge in [-0.2, -0.15) is 0 Å². The number of anilines is 1. The molecular formula is C25H24N2O7. The maximum Gasteiger partial charge on any atom is 0.301 e. The Morgan fingerprint density at radius 3 is 2.35 bits per heavy atom. The molecule has 4 rings (SSSR count). The highest BCUT2D eigenvalue weighted by atomic mass is 16.5. The van der Waals surface area contributed by atoms with Crippen molar-refractivity contribution in [2.24, 2.45) is 0 Å². The minimum Gasteiger partial charge on any atom is -0.507 e. The van der Waals surface area contributed by atoms with Gasteiger partial charge in [0.15, 0.2) is 5.82 Å². The van der Waals surface area contributed by atoms with E-state index >= 15 is 0 Å². The lowest BCUT2D eigenvalue weighted by Crippen LogP contribution is -2.30. The van der Waals surface area contributed by atoms with Gasteiger partial charge in [0.2, 0.25) is 0 Å². The number of hydrogen-bond donors (Lipinski definition) is 1.